The number of aliphatic hydroxyl groups is 1. The highest BCUT2D eigenvalue weighted by molar-refractivity contribution is 6.46. The zero-order chi connectivity index (χ0) is 25.1. The molecular formula is C26H23ClN2O6. The third-order valence-electron chi connectivity index (χ3n) is 5.82. The van der Waals surface area contributed by atoms with Gasteiger partial charge >= 0.3 is 0 Å². The molecule has 1 aromatic heterocycles. The second-order valence-electron chi connectivity index (χ2n) is 7.71. The number of pyridine rings is 1. The first-order valence-corrected chi connectivity index (χ1v) is 11.0. The summed E-state index contributed by atoms with van der Waals surface area (Å²) in [5.41, 5.74) is 1.39. The number of carbonyl (C=O) groups is 2. The molecule has 0 spiro atoms. The maximum Gasteiger partial charge on any atom is 0.295 e. The van der Waals surface area contributed by atoms with Gasteiger partial charge in [0, 0.05) is 24.0 Å². The molecule has 8 nitrogen and oxygen atoms in total. The van der Waals surface area contributed by atoms with Crippen LogP contribution in [0.25, 0.3) is 5.76 Å². The molecule has 4 rings (SSSR count). The van der Waals surface area contributed by atoms with Crippen LogP contribution in [0.1, 0.15) is 22.7 Å². The second kappa shape index (κ2) is 10.1. The number of methoxy groups -OCH3 is 3. The molecule has 1 saturated heterocycles. The lowest BCUT2D eigenvalue weighted by atomic mass is 9.95. The van der Waals surface area contributed by atoms with Gasteiger partial charge in [-0.1, -0.05) is 29.8 Å². The van der Waals surface area contributed by atoms with E-state index in [1.54, 1.807) is 30.6 Å². The number of benzene rings is 2. The number of Topliss-reactive ketones (excluding diaryl/α,β-unsaturated/α-hetero) is 1. The van der Waals surface area contributed by atoms with Crippen LogP contribution >= 0.6 is 11.6 Å². The largest absolute Gasteiger partial charge is 0.507 e. The van der Waals surface area contributed by atoms with Crippen molar-refractivity contribution < 1.29 is 28.9 Å². The number of ether oxygens (including phenoxy) is 3. The molecule has 1 unspecified atom stereocenters. The van der Waals surface area contributed by atoms with Gasteiger partial charge in [-0.3, -0.25) is 14.6 Å². The van der Waals surface area contributed by atoms with E-state index in [-0.39, 0.29) is 28.5 Å². The lowest BCUT2D eigenvalue weighted by Crippen LogP contribution is -2.29. The monoisotopic (exact) mass is 494 g/mol. The van der Waals surface area contributed by atoms with Crippen LogP contribution in [0.4, 0.5) is 0 Å². The molecule has 1 atom stereocenters. The summed E-state index contributed by atoms with van der Waals surface area (Å²) in [7, 11) is 4.40. The summed E-state index contributed by atoms with van der Waals surface area (Å²) in [6.45, 7) is 0.0822. The molecule has 2 aromatic carbocycles. The fourth-order valence-corrected chi connectivity index (χ4v) is 4.38. The second-order valence-corrected chi connectivity index (χ2v) is 8.11. The molecule has 2 heterocycles. The van der Waals surface area contributed by atoms with Crippen LogP contribution in [-0.4, -0.2) is 48.0 Å². The van der Waals surface area contributed by atoms with E-state index in [1.807, 2.05) is 18.2 Å². The van der Waals surface area contributed by atoms with Crippen LogP contribution in [0.3, 0.4) is 0 Å². The Morgan fingerprint density at radius 3 is 2.29 bits per heavy atom. The number of nitrogens with zero attached hydrogens (tertiary/aromatic N) is 2. The molecule has 9 heteroatoms. The molecule has 1 amide bonds. The van der Waals surface area contributed by atoms with Crippen LogP contribution in [0.15, 0.2) is 66.5 Å². The number of likely N-dealkylation sites (tertiary alicyclic amines) is 1. The zero-order valence-corrected chi connectivity index (χ0v) is 20.1. The minimum absolute atomic E-state index is 0.0822. The normalized spacial score (nSPS) is 16.9. The van der Waals surface area contributed by atoms with E-state index in [0.717, 1.165) is 0 Å². The van der Waals surface area contributed by atoms with Crippen molar-refractivity contribution in [1.82, 2.24) is 9.88 Å². The molecule has 0 bridgehead atoms. The van der Waals surface area contributed by atoms with Crippen LogP contribution < -0.4 is 14.2 Å². The molecule has 1 N–H and O–H groups in total. The van der Waals surface area contributed by atoms with Gasteiger partial charge in [-0.15, -0.1) is 0 Å². The number of hydrogen-bond acceptors (Lipinski definition) is 7. The summed E-state index contributed by atoms with van der Waals surface area (Å²) < 4.78 is 16.1. The van der Waals surface area contributed by atoms with Crippen molar-refractivity contribution >= 4 is 29.1 Å². The average molecular weight is 495 g/mol. The van der Waals surface area contributed by atoms with E-state index in [0.29, 0.717) is 22.6 Å². The van der Waals surface area contributed by atoms with E-state index >= 15 is 0 Å². The molecule has 1 aliphatic heterocycles. The Labute approximate surface area is 207 Å². The van der Waals surface area contributed by atoms with Crippen LogP contribution in [0.5, 0.6) is 17.2 Å². The Bertz CT molecular complexity index is 1310. The van der Waals surface area contributed by atoms with E-state index in [4.69, 9.17) is 25.8 Å². The van der Waals surface area contributed by atoms with E-state index in [1.165, 1.54) is 38.4 Å². The van der Waals surface area contributed by atoms with Gasteiger partial charge in [0.15, 0.2) is 0 Å². The highest BCUT2D eigenvalue weighted by Gasteiger charge is 2.46. The molecule has 0 radical (unpaired) electrons. The predicted molar refractivity (Wildman–Crippen MR) is 130 cm³/mol. The first-order valence-electron chi connectivity index (χ1n) is 10.6. The minimum atomic E-state index is -0.881. The van der Waals surface area contributed by atoms with Crippen molar-refractivity contribution in [3.8, 4) is 17.2 Å². The quantitative estimate of drug-likeness (QED) is 0.295. The number of ketones is 1. The Morgan fingerprint density at radius 1 is 0.971 bits per heavy atom. The molecule has 1 aliphatic rings. The Hall–Kier alpha value is -4.04. The van der Waals surface area contributed by atoms with E-state index in [2.05, 4.69) is 4.98 Å². The van der Waals surface area contributed by atoms with Gasteiger partial charge in [0.25, 0.3) is 11.7 Å². The van der Waals surface area contributed by atoms with Gasteiger partial charge in [-0.2, -0.15) is 0 Å². The van der Waals surface area contributed by atoms with Crippen molar-refractivity contribution in [1.29, 1.82) is 0 Å². The number of rotatable bonds is 7. The van der Waals surface area contributed by atoms with Crippen molar-refractivity contribution in [2.24, 2.45) is 0 Å². The maximum atomic E-state index is 13.3. The molecule has 1 fully saturated rings. The lowest BCUT2D eigenvalue weighted by Gasteiger charge is -2.26. The molecule has 180 valence electrons. The summed E-state index contributed by atoms with van der Waals surface area (Å²) in [4.78, 5) is 32.0. The lowest BCUT2D eigenvalue weighted by molar-refractivity contribution is -0.140. The third kappa shape index (κ3) is 4.40. The highest BCUT2D eigenvalue weighted by atomic mass is 35.5. The number of hydrogen-bond donors (Lipinski definition) is 1. The van der Waals surface area contributed by atoms with Gasteiger partial charge in [0.1, 0.15) is 23.0 Å². The topological polar surface area (TPSA) is 98.2 Å². The smallest absolute Gasteiger partial charge is 0.295 e. The number of para-hydroxylation sites is 1. The first kappa shape index (κ1) is 24.1. The zero-order valence-electron chi connectivity index (χ0n) is 19.3. The Balaban J connectivity index is 1.91. The van der Waals surface area contributed by atoms with Crippen LogP contribution in [0, 0.1) is 0 Å². The summed E-state index contributed by atoms with van der Waals surface area (Å²) in [5.74, 6) is -0.845. The van der Waals surface area contributed by atoms with Gasteiger partial charge in [0.05, 0.1) is 50.1 Å². The van der Waals surface area contributed by atoms with E-state index in [9.17, 15) is 14.7 Å². The van der Waals surface area contributed by atoms with Gasteiger partial charge in [-0.05, 0) is 29.8 Å². The number of aliphatic hydroxyl groups excluding tert-OH is 1. The third-order valence-corrected chi connectivity index (χ3v) is 6.12. The fourth-order valence-electron chi connectivity index (χ4n) is 4.14. The van der Waals surface area contributed by atoms with Crippen molar-refractivity contribution in [2.75, 3.05) is 21.3 Å². The summed E-state index contributed by atoms with van der Waals surface area (Å²) in [6, 6.07) is 12.7. The summed E-state index contributed by atoms with van der Waals surface area (Å²) in [6.07, 6.45) is 3.12. The Kier molecular flexibility index (Phi) is 6.93. The van der Waals surface area contributed by atoms with Gasteiger partial charge < -0.3 is 24.2 Å². The fraction of sp³-hybridized carbons (Fsp3) is 0.192. The number of amides is 1. The average Bonchev–Trinajstić information content (AvgIpc) is 3.13. The summed E-state index contributed by atoms with van der Waals surface area (Å²) in [5, 5.41) is 11.6. The van der Waals surface area contributed by atoms with E-state index < -0.39 is 23.5 Å². The van der Waals surface area contributed by atoms with Crippen LogP contribution in [-0.2, 0) is 16.1 Å². The van der Waals surface area contributed by atoms with Crippen LogP contribution in [0.2, 0.25) is 5.02 Å². The standard InChI is InChI=1S/C26H23ClN2O6/c1-33-19-7-5-4-6-16(19)14-29-23(15-8-10-28-11-9-15)22(25(31)26(29)32)24(30)17-12-18(27)21(35-3)13-20(17)34-2/h4-13,23,30H,14H2,1-3H3/b24-22+. The predicted octanol–water partition coefficient (Wildman–Crippen LogP) is 4.38. The maximum absolute atomic E-state index is 13.3. The molecule has 0 saturated carbocycles. The highest BCUT2D eigenvalue weighted by Crippen LogP contribution is 2.43. The summed E-state index contributed by atoms with van der Waals surface area (Å²) >= 11 is 6.30. The molecule has 3 aromatic rings. The minimum Gasteiger partial charge on any atom is -0.507 e. The first-order chi connectivity index (χ1) is 16.9. The van der Waals surface area contributed by atoms with Crippen molar-refractivity contribution in [3.05, 3.63) is 88.2 Å². The van der Waals surface area contributed by atoms with Crippen molar-refractivity contribution in [3.63, 3.8) is 0 Å². The van der Waals surface area contributed by atoms with Crippen molar-refractivity contribution in [2.45, 2.75) is 12.6 Å². The SMILES string of the molecule is COc1cc(OC)c(/C(O)=C2\C(=O)C(=O)N(Cc3ccccc3OC)C2c2ccncc2)cc1Cl. The molecule has 0 aliphatic carbocycles. The van der Waals surface area contributed by atoms with Gasteiger partial charge in [-0.25, -0.2) is 0 Å². The number of carbonyl (C=O) groups excluding carboxylic acids is 2. The number of halogens is 1. The van der Waals surface area contributed by atoms with Gasteiger partial charge in [0.2, 0.25) is 0 Å². The molecule has 35 heavy (non-hydrogen) atoms. The Morgan fingerprint density at radius 2 is 1.63 bits per heavy atom. The number of aromatic nitrogens is 1. The molecular weight excluding hydrogens is 472 g/mol.